The average molecular weight is 392 g/mol. The molecule has 3 heterocycles. The van der Waals surface area contributed by atoms with Gasteiger partial charge in [0.05, 0.1) is 6.04 Å². The van der Waals surface area contributed by atoms with Crippen LogP contribution < -0.4 is 14.8 Å². The first-order valence-electron chi connectivity index (χ1n) is 10.7. The number of fused-ring (bicyclic) bond motifs is 2. The molecular weight excluding hydrogens is 364 g/mol. The molecule has 3 atom stereocenters. The van der Waals surface area contributed by atoms with Crippen LogP contribution in [0.25, 0.3) is 0 Å². The van der Waals surface area contributed by atoms with Crippen molar-refractivity contribution < 1.29 is 14.3 Å². The third kappa shape index (κ3) is 3.84. The van der Waals surface area contributed by atoms with Gasteiger partial charge in [-0.25, -0.2) is 0 Å². The number of likely N-dealkylation sites (tertiary alicyclic amines) is 1. The molecule has 0 bridgehead atoms. The van der Waals surface area contributed by atoms with E-state index >= 15 is 0 Å². The van der Waals surface area contributed by atoms with E-state index in [2.05, 4.69) is 52.7 Å². The zero-order valence-electron chi connectivity index (χ0n) is 16.7. The standard InChI is InChI=1S/C24H28N2O3/c27-23-9-5-4-8-20-24(25-23)19(18-6-2-1-3-7-18)16-26(20)15-17-10-11-21-22(14-17)29-13-12-28-21/h1-3,6-7,10-11,14,19-20,24H,4-5,8-9,12-13,15-16H2,(H,25,27)/t19-,20+,24-/m0/s1. The third-order valence-electron chi connectivity index (χ3n) is 6.45. The van der Waals surface area contributed by atoms with Crippen molar-refractivity contribution in [2.24, 2.45) is 0 Å². The molecule has 2 aromatic rings. The van der Waals surface area contributed by atoms with E-state index in [0.29, 0.717) is 31.6 Å². The SMILES string of the molecule is O=C1CCCC[C@@H]2[C@@H](N1)[C@H](c1ccccc1)CN2Cc1ccc2c(c1)OCCO2. The predicted octanol–water partition coefficient (Wildman–Crippen LogP) is 3.48. The molecule has 5 rings (SSSR count). The van der Waals surface area contributed by atoms with Crippen LogP contribution in [0.2, 0.25) is 0 Å². The molecule has 0 radical (unpaired) electrons. The lowest BCUT2D eigenvalue weighted by Gasteiger charge is -2.31. The highest BCUT2D eigenvalue weighted by molar-refractivity contribution is 5.76. The first-order valence-corrected chi connectivity index (χ1v) is 10.7. The number of hydrogen-bond acceptors (Lipinski definition) is 4. The lowest BCUT2D eigenvalue weighted by Crippen LogP contribution is -2.47. The molecule has 2 aromatic carbocycles. The van der Waals surface area contributed by atoms with Crippen molar-refractivity contribution in [3.63, 3.8) is 0 Å². The molecule has 0 spiro atoms. The van der Waals surface area contributed by atoms with Crippen molar-refractivity contribution in [2.75, 3.05) is 19.8 Å². The number of carbonyl (C=O) groups excluding carboxylic acids is 1. The maximum atomic E-state index is 12.4. The van der Waals surface area contributed by atoms with Crippen LogP contribution in [0.4, 0.5) is 0 Å². The number of amides is 1. The molecule has 3 aliphatic rings. The van der Waals surface area contributed by atoms with Crippen LogP contribution in [-0.2, 0) is 11.3 Å². The van der Waals surface area contributed by atoms with Crippen LogP contribution in [0.1, 0.15) is 42.7 Å². The highest BCUT2D eigenvalue weighted by atomic mass is 16.6. The van der Waals surface area contributed by atoms with E-state index in [4.69, 9.17) is 9.47 Å². The van der Waals surface area contributed by atoms with Crippen LogP contribution in [0.15, 0.2) is 48.5 Å². The Morgan fingerprint density at radius 1 is 1.00 bits per heavy atom. The molecule has 0 saturated carbocycles. The minimum Gasteiger partial charge on any atom is -0.486 e. The molecule has 0 aromatic heterocycles. The topological polar surface area (TPSA) is 50.8 Å². The van der Waals surface area contributed by atoms with Gasteiger partial charge in [-0.05, 0) is 36.1 Å². The van der Waals surface area contributed by atoms with Crippen molar-refractivity contribution in [1.82, 2.24) is 10.2 Å². The van der Waals surface area contributed by atoms with E-state index in [0.717, 1.165) is 43.9 Å². The highest BCUT2D eigenvalue weighted by Gasteiger charge is 2.43. The Hall–Kier alpha value is -2.53. The van der Waals surface area contributed by atoms with Crippen molar-refractivity contribution in [3.05, 3.63) is 59.7 Å². The van der Waals surface area contributed by atoms with Crippen molar-refractivity contribution in [1.29, 1.82) is 0 Å². The molecule has 29 heavy (non-hydrogen) atoms. The van der Waals surface area contributed by atoms with Gasteiger partial charge in [0.15, 0.2) is 11.5 Å². The van der Waals surface area contributed by atoms with Crippen LogP contribution in [0.5, 0.6) is 11.5 Å². The number of nitrogens with zero attached hydrogens (tertiary/aromatic N) is 1. The first-order chi connectivity index (χ1) is 14.3. The van der Waals surface area contributed by atoms with Crippen molar-refractivity contribution in [2.45, 2.75) is 50.2 Å². The van der Waals surface area contributed by atoms with E-state index in [-0.39, 0.29) is 11.9 Å². The summed E-state index contributed by atoms with van der Waals surface area (Å²) in [6, 6.07) is 17.4. The lowest BCUT2D eigenvalue weighted by molar-refractivity contribution is -0.122. The Morgan fingerprint density at radius 3 is 2.69 bits per heavy atom. The first kappa shape index (κ1) is 18.5. The van der Waals surface area contributed by atoms with Gasteiger partial charge in [0, 0.05) is 31.5 Å². The number of nitrogens with one attached hydrogen (secondary N) is 1. The Morgan fingerprint density at radius 2 is 1.83 bits per heavy atom. The molecule has 1 amide bonds. The van der Waals surface area contributed by atoms with Gasteiger partial charge in [-0.15, -0.1) is 0 Å². The third-order valence-corrected chi connectivity index (χ3v) is 6.45. The number of carbonyl (C=O) groups is 1. The van der Waals surface area contributed by atoms with E-state index in [1.807, 2.05) is 6.07 Å². The number of rotatable bonds is 3. The maximum absolute atomic E-state index is 12.4. The van der Waals surface area contributed by atoms with Crippen molar-refractivity contribution >= 4 is 5.91 Å². The summed E-state index contributed by atoms with van der Waals surface area (Å²) in [4.78, 5) is 15.0. The van der Waals surface area contributed by atoms with Gasteiger partial charge in [-0.1, -0.05) is 42.8 Å². The summed E-state index contributed by atoms with van der Waals surface area (Å²) in [6.07, 6.45) is 3.85. The smallest absolute Gasteiger partial charge is 0.220 e. The lowest BCUT2D eigenvalue weighted by atomic mass is 9.88. The molecule has 2 fully saturated rings. The largest absolute Gasteiger partial charge is 0.486 e. The Bertz CT molecular complexity index is 870. The van der Waals surface area contributed by atoms with Crippen LogP contribution >= 0.6 is 0 Å². The van der Waals surface area contributed by atoms with Gasteiger partial charge in [-0.2, -0.15) is 0 Å². The molecule has 2 saturated heterocycles. The second-order valence-electron chi connectivity index (χ2n) is 8.33. The van der Waals surface area contributed by atoms with E-state index < -0.39 is 0 Å². The maximum Gasteiger partial charge on any atom is 0.220 e. The zero-order chi connectivity index (χ0) is 19.6. The van der Waals surface area contributed by atoms with Gasteiger partial charge in [-0.3, -0.25) is 9.69 Å². The predicted molar refractivity (Wildman–Crippen MR) is 111 cm³/mol. The summed E-state index contributed by atoms with van der Waals surface area (Å²) in [6.45, 7) is 3.03. The van der Waals surface area contributed by atoms with Gasteiger partial charge >= 0.3 is 0 Å². The summed E-state index contributed by atoms with van der Waals surface area (Å²) >= 11 is 0. The van der Waals surface area contributed by atoms with Gasteiger partial charge in [0.1, 0.15) is 13.2 Å². The van der Waals surface area contributed by atoms with Crippen LogP contribution in [-0.4, -0.2) is 42.6 Å². The van der Waals surface area contributed by atoms with Crippen LogP contribution in [0.3, 0.4) is 0 Å². The minimum atomic E-state index is 0.169. The molecule has 1 N–H and O–H groups in total. The molecular formula is C24H28N2O3. The fraction of sp³-hybridized carbons (Fsp3) is 0.458. The monoisotopic (exact) mass is 392 g/mol. The highest BCUT2D eigenvalue weighted by Crippen LogP contribution is 2.38. The Labute approximate surface area is 172 Å². The molecule has 152 valence electrons. The number of ether oxygens (including phenoxy) is 2. The number of hydrogen-bond donors (Lipinski definition) is 1. The summed E-state index contributed by atoms with van der Waals surface area (Å²) in [5, 5.41) is 3.37. The Kier molecular flexibility index (Phi) is 5.15. The number of benzene rings is 2. The van der Waals surface area contributed by atoms with Gasteiger partial charge in [0.25, 0.3) is 0 Å². The Balaban J connectivity index is 1.42. The van der Waals surface area contributed by atoms with Crippen molar-refractivity contribution in [3.8, 4) is 11.5 Å². The second kappa shape index (κ2) is 8.07. The molecule has 5 heteroatoms. The molecule has 0 aliphatic carbocycles. The molecule has 3 aliphatic heterocycles. The van der Waals surface area contributed by atoms with E-state index in [1.165, 1.54) is 11.1 Å². The average Bonchev–Trinajstić information content (AvgIpc) is 3.06. The van der Waals surface area contributed by atoms with Gasteiger partial charge < -0.3 is 14.8 Å². The second-order valence-corrected chi connectivity index (χ2v) is 8.33. The summed E-state index contributed by atoms with van der Waals surface area (Å²) in [5.41, 5.74) is 2.54. The zero-order valence-corrected chi connectivity index (χ0v) is 16.7. The summed E-state index contributed by atoms with van der Waals surface area (Å²) in [5.74, 6) is 2.19. The summed E-state index contributed by atoms with van der Waals surface area (Å²) < 4.78 is 11.4. The van der Waals surface area contributed by atoms with E-state index in [9.17, 15) is 4.79 Å². The molecule has 0 unspecified atom stereocenters. The fourth-order valence-corrected chi connectivity index (χ4v) is 5.07. The summed E-state index contributed by atoms with van der Waals surface area (Å²) in [7, 11) is 0. The quantitative estimate of drug-likeness (QED) is 0.869. The van der Waals surface area contributed by atoms with E-state index in [1.54, 1.807) is 0 Å². The van der Waals surface area contributed by atoms with Gasteiger partial charge in [0.2, 0.25) is 5.91 Å². The van der Waals surface area contributed by atoms with Crippen LogP contribution in [0, 0.1) is 0 Å². The normalized spacial score (nSPS) is 26.9. The molecule has 5 nitrogen and oxygen atoms in total. The minimum absolute atomic E-state index is 0.169. The fourth-order valence-electron chi connectivity index (χ4n) is 5.07.